The van der Waals surface area contributed by atoms with Crippen molar-refractivity contribution in [3.63, 3.8) is 0 Å². The first-order valence-electron chi connectivity index (χ1n) is 5.85. The fourth-order valence-corrected chi connectivity index (χ4v) is 3.78. The lowest BCUT2D eigenvalue weighted by Gasteiger charge is -2.22. The van der Waals surface area contributed by atoms with Crippen LogP contribution in [-0.4, -0.2) is 34.7 Å². The minimum absolute atomic E-state index is 0.517. The normalized spacial score (nSPS) is 31.1. The first-order chi connectivity index (χ1) is 7.65. The van der Waals surface area contributed by atoms with E-state index in [0.717, 1.165) is 36.3 Å². The van der Waals surface area contributed by atoms with Crippen LogP contribution >= 0.6 is 22.9 Å². The molecular weight excluding hydrogens is 242 g/mol. The molecule has 1 aliphatic heterocycles. The molecule has 1 aromatic heterocycles. The lowest BCUT2D eigenvalue weighted by molar-refractivity contribution is 0.0495. The number of rotatable bonds is 3. The quantitative estimate of drug-likeness (QED) is 0.900. The van der Waals surface area contributed by atoms with Crippen LogP contribution in [-0.2, 0) is 6.42 Å². The Morgan fingerprint density at radius 3 is 2.94 bits per heavy atom. The first-order valence-corrected chi connectivity index (χ1v) is 7.05. The number of β-amino-alcohol motifs (C(OH)–C–C–N with tert-alkyl or cyclic N) is 1. The maximum absolute atomic E-state index is 10.5. The highest BCUT2D eigenvalue weighted by Crippen LogP contribution is 2.36. The second-order valence-electron chi connectivity index (χ2n) is 5.06. The number of thiophene rings is 1. The van der Waals surface area contributed by atoms with Crippen LogP contribution in [0.25, 0.3) is 0 Å². The predicted molar refractivity (Wildman–Crippen MR) is 67.2 cm³/mol. The van der Waals surface area contributed by atoms with Gasteiger partial charge in [0.05, 0.1) is 9.94 Å². The van der Waals surface area contributed by atoms with Crippen LogP contribution in [0.15, 0.2) is 12.1 Å². The molecule has 1 unspecified atom stereocenters. The molecule has 1 saturated carbocycles. The molecule has 1 atom stereocenters. The van der Waals surface area contributed by atoms with Gasteiger partial charge in [-0.2, -0.15) is 0 Å². The summed E-state index contributed by atoms with van der Waals surface area (Å²) in [7, 11) is 0. The van der Waals surface area contributed by atoms with Crippen molar-refractivity contribution in [2.24, 2.45) is 0 Å². The summed E-state index contributed by atoms with van der Waals surface area (Å²) in [6.45, 7) is 1.90. The van der Waals surface area contributed by atoms with E-state index in [1.165, 1.54) is 17.7 Å². The average Bonchev–Trinajstić information content (AvgIpc) is 2.90. The van der Waals surface area contributed by atoms with Crippen LogP contribution in [0.2, 0.25) is 4.34 Å². The van der Waals surface area contributed by atoms with Crippen molar-refractivity contribution in [2.45, 2.75) is 37.3 Å². The van der Waals surface area contributed by atoms with Gasteiger partial charge in [-0.25, -0.2) is 0 Å². The summed E-state index contributed by atoms with van der Waals surface area (Å²) < 4.78 is 0.815. The molecule has 2 fully saturated rings. The Balaban J connectivity index is 1.65. The predicted octanol–water partition coefficient (Wildman–Crippen LogP) is 2.54. The van der Waals surface area contributed by atoms with Gasteiger partial charge in [-0.15, -0.1) is 11.3 Å². The number of hydrogen-bond acceptors (Lipinski definition) is 3. The SMILES string of the molecule is OC1(Cc2ccc(Cl)s2)CCN(C2CC2)C1. The van der Waals surface area contributed by atoms with E-state index in [0.29, 0.717) is 0 Å². The maximum atomic E-state index is 10.5. The fraction of sp³-hybridized carbons (Fsp3) is 0.667. The van der Waals surface area contributed by atoms with Crippen molar-refractivity contribution in [3.05, 3.63) is 21.3 Å². The molecule has 2 aliphatic rings. The Morgan fingerprint density at radius 1 is 1.50 bits per heavy atom. The van der Waals surface area contributed by atoms with Gasteiger partial charge in [0.2, 0.25) is 0 Å². The van der Waals surface area contributed by atoms with Gasteiger partial charge in [0.1, 0.15) is 0 Å². The fourth-order valence-electron chi connectivity index (χ4n) is 2.55. The van der Waals surface area contributed by atoms with E-state index in [4.69, 9.17) is 11.6 Å². The third-order valence-corrected chi connectivity index (χ3v) is 4.79. The smallest absolute Gasteiger partial charge is 0.0931 e. The molecule has 1 saturated heterocycles. The van der Waals surface area contributed by atoms with E-state index in [9.17, 15) is 5.11 Å². The third-order valence-electron chi connectivity index (χ3n) is 3.56. The van der Waals surface area contributed by atoms with Gasteiger partial charge in [0.15, 0.2) is 0 Å². The van der Waals surface area contributed by atoms with Crippen molar-refractivity contribution >= 4 is 22.9 Å². The molecule has 3 rings (SSSR count). The number of aliphatic hydroxyl groups is 1. The van der Waals surface area contributed by atoms with Gasteiger partial charge < -0.3 is 5.11 Å². The number of nitrogens with zero attached hydrogens (tertiary/aromatic N) is 1. The van der Waals surface area contributed by atoms with E-state index < -0.39 is 5.60 Å². The molecule has 16 heavy (non-hydrogen) atoms. The Hall–Kier alpha value is -0.0900. The van der Waals surface area contributed by atoms with Crippen LogP contribution in [0.1, 0.15) is 24.1 Å². The molecule has 2 nitrogen and oxygen atoms in total. The van der Waals surface area contributed by atoms with Gasteiger partial charge in [-0.05, 0) is 31.4 Å². The van der Waals surface area contributed by atoms with Crippen LogP contribution in [0.4, 0.5) is 0 Å². The van der Waals surface area contributed by atoms with Crippen LogP contribution < -0.4 is 0 Å². The van der Waals surface area contributed by atoms with Gasteiger partial charge in [-0.1, -0.05) is 11.6 Å². The Labute approximate surface area is 105 Å². The van der Waals surface area contributed by atoms with Gasteiger partial charge in [0.25, 0.3) is 0 Å². The summed E-state index contributed by atoms with van der Waals surface area (Å²) in [5.41, 5.74) is -0.517. The largest absolute Gasteiger partial charge is 0.388 e. The summed E-state index contributed by atoms with van der Waals surface area (Å²) in [6, 6.07) is 4.71. The topological polar surface area (TPSA) is 23.5 Å². The van der Waals surface area contributed by atoms with Crippen molar-refractivity contribution in [1.29, 1.82) is 0 Å². The zero-order valence-electron chi connectivity index (χ0n) is 9.16. The zero-order valence-corrected chi connectivity index (χ0v) is 10.7. The van der Waals surface area contributed by atoms with Gasteiger partial charge in [-0.3, -0.25) is 4.90 Å². The summed E-state index contributed by atoms with van der Waals surface area (Å²) in [5.74, 6) is 0. The molecular formula is C12H16ClNOS. The highest BCUT2D eigenvalue weighted by Gasteiger charge is 2.42. The zero-order chi connectivity index (χ0) is 11.2. The third kappa shape index (κ3) is 2.28. The molecule has 0 bridgehead atoms. The van der Waals surface area contributed by atoms with Crippen LogP contribution in [0.5, 0.6) is 0 Å². The van der Waals surface area contributed by atoms with E-state index in [1.807, 2.05) is 12.1 Å². The van der Waals surface area contributed by atoms with E-state index >= 15 is 0 Å². The van der Waals surface area contributed by atoms with Crippen molar-refractivity contribution < 1.29 is 5.11 Å². The minimum Gasteiger partial charge on any atom is -0.388 e. The lowest BCUT2D eigenvalue weighted by Crippen LogP contribution is -2.35. The molecule has 4 heteroatoms. The average molecular weight is 258 g/mol. The molecule has 88 valence electrons. The molecule has 0 amide bonds. The summed E-state index contributed by atoms with van der Waals surface area (Å²) in [4.78, 5) is 3.64. The molecule has 0 radical (unpaired) electrons. The first kappa shape index (κ1) is 11.0. The number of likely N-dealkylation sites (tertiary alicyclic amines) is 1. The standard InChI is InChI=1S/C12H16ClNOS/c13-11-4-3-10(16-11)7-12(15)5-6-14(8-12)9-1-2-9/h3-4,9,15H,1-2,5-8H2. The molecule has 1 N–H and O–H groups in total. The van der Waals surface area contributed by atoms with E-state index in [-0.39, 0.29) is 0 Å². The molecule has 0 spiro atoms. The van der Waals surface area contributed by atoms with Gasteiger partial charge in [0, 0.05) is 30.4 Å². The maximum Gasteiger partial charge on any atom is 0.0931 e. The minimum atomic E-state index is -0.517. The second-order valence-corrected chi connectivity index (χ2v) is 6.86. The van der Waals surface area contributed by atoms with Crippen LogP contribution in [0.3, 0.4) is 0 Å². The summed E-state index contributed by atoms with van der Waals surface area (Å²) in [6.07, 6.45) is 4.30. The second kappa shape index (κ2) is 3.98. The lowest BCUT2D eigenvalue weighted by atomic mass is 9.98. The monoisotopic (exact) mass is 257 g/mol. The van der Waals surface area contributed by atoms with E-state index in [2.05, 4.69) is 4.90 Å². The number of hydrogen-bond donors (Lipinski definition) is 1. The summed E-state index contributed by atoms with van der Waals surface area (Å²) in [5, 5.41) is 10.5. The summed E-state index contributed by atoms with van der Waals surface area (Å²) >= 11 is 7.49. The van der Waals surface area contributed by atoms with E-state index in [1.54, 1.807) is 11.3 Å². The Bertz CT molecular complexity index is 390. The van der Waals surface area contributed by atoms with Crippen molar-refractivity contribution in [3.8, 4) is 0 Å². The van der Waals surface area contributed by atoms with Crippen molar-refractivity contribution in [1.82, 2.24) is 4.90 Å². The highest BCUT2D eigenvalue weighted by molar-refractivity contribution is 7.16. The molecule has 2 heterocycles. The van der Waals surface area contributed by atoms with Crippen molar-refractivity contribution in [2.75, 3.05) is 13.1 Å². The molecule has 1 aliphatic carbocycles. The Kier molecular flexibility index (Phi) is 2.75. The molecule has 1 aromatic rings. The number of halogens is 1. The molecule has 0 aromatic carbocycles. The highest BCUT2D eigenvalue weighted by atomic mass is 35.5. The Morgan fingerprint density at radius 2 is 2.31 bits per heavy atom. The van der Waals surface area contributed by atoms with Gasteiger partial charge >= 0.3 is 0 Å². The van der Waals surface area contributed by atoms with Crippen LogP contribution in [0, 0.1) is 0 Å².